The molecule has 0 aromatic heterocycles. The van der Waals surface area contributed by atoms with E-state index in [-0.39, 0.29) is 25.3 Å². The number of aliphatic hydroxyl groups is 1. The first-order valence-corrected chi connectivity index (χ1v) is 6.96. The molecule has 9 heteroatoms. The van der Waals surface area contributed by atoms with Crippen molar-refractivity contribution >= 4 is 0 Å². The van der Waals surface area contributed by atoms with E-state index in [0.29, 0.717) is 13.2 Å². The number of rotatable bonds is 10. The average Bonchev–Trinajstić information content (AvgIpc) is 2.45. The largest absolute Gasteiger partial charge is 0.573 e. The standard InChI is InChI=1S/C14H18F5NO3/c15-11-7-10(8-12(16)13(11)23-14(17,18)19)9-20-3-1-2-5-22-6-4-21/h7-8,20-21H,1-6,9H2. The lowest BCUT2D eigenvalue weighted by atomic mass is 10.2. The molecular weight excluding hydrogens is 325 g/mol. The van der Waals surface area contributed by atoms with Crippen LogP contribution in [0.5, 0.6) is 5.75 Å². The van der Waals surface area contributed by atoms with Crippen molar-refractivity contribution in [2.45, 2.75) is 25.7 Å². The van der Waals surface area contributed by atoms with Crippen LogP contribution in [0.4, 0.5) is 22.0 Å². The predicted molar refractivity (Wildman–Crippen MR) is 71.9 cm³/mol. The Morgan fingerprint density at radius 3 is 2.26 bits per heavy atom. The third kappa shape index (κ3) is 8.10. The van der Waals surface area contributed by atoms with Crippen molar-refractivity contribution in [1.29, 1.82) is 0 Å². The molecule has 1 rings (SSSR count). The van der Waals surface area contributed by atoms with Crippen molar-refractivity contribution in [2.75, 3.05) is 26.4 Å². The highest BCUT2D eigenvalue weighted by Crippen LogP contribution is 2.29. The zero-order valence-corrected chi connectivity index (χ0v) is 12.3. The Kier molecular flexibility index (Phi) is 8.21. The Hall–Kier alpha value is -1.45. The molecule has 0 heterocycles. The van der Waals surface area contributed by atoms with Crippen LogP contribution in [0.15, 0.2) is 12.1 Å². The fourth-order valence-corrected chi connectivity index (χ4v) is 1.78. The van der Waals surface area contributed by atoms with Crippen molar-refractivity contribution in [3.05, 3.63) is 29.3 Å². The second kappa shape index (κ2) is 9.64. The summed E-state index contributed by atoms with van der Waals surface area (Å²) in [4.78, 5) is 0. The fraction of sp³-hybridized carbons (Fsp3) is 0.571. The van der Waals surface area contributed by atoms with Crippen molar-refractivity contribution in [3.8, 4) is 5.75 Å². The highest BCUT2D eigenvalue weighted by Gasteiger charge is 2.34. The van der Waals surface area contributed by atoms with Gasteiger partial charge in [0.15, 0.2) is 11.6 Å². The Morgan fingerprint density at radius 2 is 1.70 bits per heavy atom. The Morgan fingerprint density at radius 1 is 1.04 bits per heavy atom. The van der Waals surface area contributed by atoms with E-state index in [0.717, 1.165) is 25.0 Å². The predicted octanol–water partition coefficient (Wildman–Crippen LogP) is 2.74. The second-order valence-corrected chi connectivity index (χ2v) is 4.66. The molecule has 0 amide bonds. The first-order valence-electron chi connectivity index (χ1n) is 6.96. The Balaban J connectivity index is 2.38. The maximum atomic E-state index is 13.5. The topological polar surface area (TPSA) is 50.7 Å². The Bertz CT molecular complexity index is 459. The summed E-state index contributed by atoms with van der Waals surface area (Å²) in [6.07, 6.45) is -3.67. The van der Waals surface area contributed by atoms with Gasteiger partial charge in [0.2, 0.25) is 5.75 Å². The molecule has 0 bridgehead atoms. The molecule has 132 valence electrons. The van der Waals surface area contributed by atoms with Gasteiger partial charge >= 0.3 is 6.36 Å². The highest BCUT2D eigenvalue weighted by molar-refractivity contribution is 5.31. The van der Waals surface area contributed by atoms with Crippen LogP contribution in [0.25, 0.3) is 0 Å². The maximum absolute atomic E-state index is 13.5. The number of halogens is 5. The van der Waals surface area contributed by atoms with Gasteiger partial charge in [0, 0.05) is 13.2 Å². The van der Waals surface area contributed by atoms with Gasteiger partial charge in [-0.15, -0.1) is 13.2 Å². The lowest BCUT2D eigenvalue weighted by molar-refractivity contribution is -0.276. The molecule has 0 atom stereocenters. The van der Waals surface area contributed by atoms with Gasteiger partial charge in [-0.1, -0.05) is 0 Å². The smallest absolute Gasteiger partial charge is 0.399 e. The van der Waals surface area contributed by atoms with E-state index in [9.17, 15) is 22.0 Å². The lowest BCUT2D eigenvalue weighted by Crippen LogP contribution is -2.20. The normalized spacial score (nSPS) is 11.7. The summed E-state index contributed by atoms with van der Waals surface area (Å²) in [5.74, 6) is -4.27. The summed E-state index contributed by atoms with van der Waals surface area (Å²) in [7, 11) is 0. The molecule has 1 aromatic rings. The number of hydrogen-bond acceptors (Lipinski definition) is 4. The van der Waals surface area contributed by atoms with E-state index in [1.54, 1.807) is 0 Å². The summed E-state index contributed by atoms with van der Waals surface area (Å²) in [6, 6.07) is 1.59. The van der Waals surface area contributed by atoms with E-state index in [1.807, 2.05) is 0 Å². The molecule has 1 aromatic carbocycles. The van der Waals surface area contributed by atoms with E-state index in [4.69, 9.17) is 9.84 Å². The number of ether oxygens (including phenoxy) is 2. The monoisotopic (exact) mass is 343 g/mol. The zero-order valence-electron chi connectivity index (χ0n) is 12.3. The third-order valence-electron chi connectivity index (χ3n) is 2.73. The molecule has 0 fully saturated rings. The Labute approximate surface area is 130 Å². The third-order valence-corrected chi connectivity index (χ3v) is 2.73. The minimum absolute atomic E-state index is 0.0383. The molecule has 0 unspecified atom stereocenters. The van der Waals surface area contributed by atoms with Gasteiger partial charge in [-0.25, -0.2) is 8.78 Å². The van der Waals surface area contributed by atoms with Crippen molar-refractivity contribution in [3.63, 3.8) is 0 Å². The number of hydrogen-bond donors (Lipinski definition) is 2. The van der Waals surface area contributed by atoms with Gasteiger partial charge in [0.05, 0.1) is 13.2 Å². The first-order chi connectivity index (χ1) is 10.8. The summed E-state index contributed by atoms with van der Waals surface area (Å²) >= 11 is 0. The van der Waals surface area contributed by atoms with Crippen LogP contribution in [0.2, 0.25) is 0 Å². The molecule has 0 aliphatic rings. The van der Waals surface area contributed by atoms with E-state index >= 15 is 0 Å². The van der Waals surface area contributed by atoms with Crippen LogP contribution in [-0.4, -0.2) is 37.8 Å². The average molecular weight is 343 g/mol. The van der Waals surface area contributed by atoms with Crippen LogP contribution in [-0.2, 0) is 11.3 Å². The van der Waals surface area contributed by atoms with Gasteiger partial charge in [0.25, 0.3) is 0 Å². The molecule has 0 aliphatic carbocycles. The summed E-state index contributed by atoms with van der Waals surface area (Å²) in [5.41, 5.74) is 0.172. The molecule has 0 aliphatic heterocycles. The zero-order chi connectivity index (χ0) is 17.3. The molecule has 4 nitrogen and oxygen atoms in total. The van der Waals surface area contributed by atoms with Crippen LogP contribution >= 0.6 is 0 Å². The van der Waals surface area contributed by atoms with Crippen LogP contribution < -0.4 is 10.1 Å². The SMILES string of the molecule is OCCOCCCCNCc1cc(F)c(OC(F)(F)F)c(F)c1. The number of unbranched alkanes of at least 4 members (excludes halogenated alkanes) is 1. The maximum Gasteiger partial charge on any atom is 0.573 e. The molecule has 0 spiro atoms. The van der Waals surface area contributed by atoms with E-state index < -0.39 is 23.7 Å². The van der Waals surface area contributed by atoms with Crippen LogP contribution in [0, 0.1) is 11.6 Å². The quantitative estimate of drug-likeness (QED) is 0.507. The first kappa shape index (κ1) is 19.6. The summed E-state index contributed by atoms with van der Waals surface area (Å²) in [6.45, 7) is 1.39. The summed E-state index contributed by atoms with van der Waals surface area (Å²) < 4.78 is 71.3. The number of alkyl halides is 3. The van der Waals surface area contributed by atoms with Crippen LogP contribution in [0.1, 0.15) is 18.4 Å². The molecule has 0 radical (unpaired) electrons. The fourth-order valence-electron chi connectivity index (χ4n) is 1.78. The summed E-state index contributed by atoms with van der Waals surface area (Å²) in [5, 5.41) is 11.4. The number of nitrogens with one attached hydrogen (secondary N) is 1. The van der Waals surface area contributed by atoms with Gasteiger partial charge in [-0.05, 0) is 37.1 Å². The number of aliphatic hydroxyl groups excluding tert-OH is 1. The van der Waals surface area contributed by atoms with Crippen LogP contribution in [0.3, 0.4) is 0 Å². The van der Waals surface area contributed by atoms with Gasteiger partial charge in [-0.2, -0.15) is 0 Å². The highest BCUT2D eigenvalue weighted by atomic mass is 19.4. The minimum atomic E-state index is -5.15. The van der Waals surface area contributed by atoms with Gasteiger partial charge in [-0.3, -0.25) is 0 Å². The van der Waals surface area contributed by atoms with E-state index in [1.165, 1.54) is 0 Å². The molecule has 0 saturated heterocycles. The van der Waals surface area contributed by atoms with Gasteiger partial charge < -0.3 is 19.9 Å². The van der Waals surface area contributed by atoms with Gasteiger partial charge in [0.1, 0.15) is 0 Å². The molecule has 0 saturated carbocycles. The van der Waals surface area contributed by atoms with Crippen molar-refractivity contribution in [1.82, 2.24) is 5.32 Å². The molecule has 2 N–H and O–H groups in total. The number of benzene rings is 1. The minimum Gasteiger partial charge on any atom is -0.399 e. The molecular formula is C14H18F5NO3. The second-order valence-electron chi connectivity index (χ2n) is 4.66. The van der Waals surface area contributed by atoms with Crippen molar-refractivity contribution < 1.29 is 36.5 Å². The molecule has 23 heavy (non-hydrogen) atoms. The van der Waals surface area contributed by atoms with Crippen molar-refractivity contribution in [2.24, 2.45) is 0 Å². The van der Waals surface area contributed by atoms with E-state index in [2.05, 4.69) is 10.1 Å². The lowest BCUT2D eigenvalue weighted by Gasteiger charge is -2.12.